The highest BCUT2D eigenvalue weighted by Gasteiger charge is 2.20. The van der Waals surface area contributed by atoms with Crippen LogP contribution in [0, 0.1) is 13.8 Å². The fourth-order valence-electron chi connectivity index (χ4n) is 2.38. The molecule has 4 heteroatoms. The number of nitrogens with zero attached hydrogens (tertiary/aromatic N) is 1. The monoisotopic (exact) mass is 272 g/mol. The average molecular weight is 272 g/mol. The molecule has 0 unspecified atom stereocenters. The summed E-state index contributed by atoms with van der Waals surface area (Å²) >= 11 is 0. The summed E-state index contributed by atoms with van der Waals surface area (Å²) in [5, 5.41) is 7.21. The van der Waals surface area contributed by atoms with Crippen molar-refractivity contribution in [3.63, 3.8) is 0 Å². The highest BCUT2D eigenvalue weighted by Crippen LogP contribution is 2.26. The minimum Gasteiger partial charge on any atom is -0.485 e. The molecule has 1 saturated carbocycles. The maximum absolute atomic E-state index is 5.85. The zero-order valence-corrected chi connectivity index (χ0v) is 12.0. The minimum atomic E-state index is 0.418. The molecule has 3 rings (SSSR count). The van der Waals surface area contributed by atoms with E-state index in [9.17, 15) is 0 Å². The largest absolute Gasteiger partial charge is 0.485 e. The molecule has 1 heterocycles. The minimum absolute atomic E-state index is 0.418. The van der Waals surface area contributed by atoms with Crippen LogP contribution in [-0.4, -0.2) is 11.2 Å². The maximum atomic E-state index is 5.85. The van der Waals surface area contributed by atoms with Gasteiger partial charge in [0.15, 0.2) is 5.76 Å². The average Bonchev–Trinajstić information content (AvgIpc) is 3.10. The molecule has 1 aromatic carbocycles. The Morgan fingerprint density at radius 3 is 2.65 bits per heavy atom. The number of benzene rings is 1. The van der Waals surface area contributed by atoms with Gasteiger partial charge in [-0.1, -0.05) is 17.3 Å². The summed E-state index contributed by atoms with van der Waals surface area (Å²) in [6, 6.07) is 6.94. The molecule has 1 aliphatic carbocycles. The lowest BCUT2D eigenvalue weighted by atomic mass is 10.1. The lowest BCUT2D eigenvalue weighted by molar-refractivity contribution is 0.246. The van der Waals surface area contributed by atoms with Crippen LogP contribution < -0.4 is 10.1 Å². The molecule has 0 saturated heterocycles. The van der Waals surface area contributed by atoms with Crippen molar-refractivity contribution in [2.24, 2.45) is 0 Å². The molecule has 0 amide bonds. The number of rotatable bonds is 6. The van der Waals surface area contributed by atoms with E-state index in [0.29, 0.717) is 6.61 Å². The first-order chi connectivity index (χ1) is 9.72. The van der Waals surface area contributed by atoms with Crippen LogP contribution >= 0.6 is 0 Å². The summed E-state index contributed by atoms with van der Waals surface area (Å²) in [4.78, 5) is 0. The van der Waals surface area contributed by atoms with Gasteiger partial charge in [0, 0.05) is 18.7 Å². The maximum Gasteiger partial charge on any atom is 0.174 e. The lowest BCUT2D eigenvalue weighted by Crippen LogP contribution is -2.15. The molecule has 106 valence electrons. The summed E-state index contributed by atoms with van der Waals surface area (Å²) in [7, 11) is 0. The van der Waals surface area contributed by atoms with E-state index in [1.54, 1.807) is 6.20 Å². The van der Waals surface area contributed by atoms with Gasteiger partial charge >= 0.3 is 0 Å². The summed E-state index contributed by atoms with van der Waals surface area (Å²) in [5.41, 5.74) is 3.65. The zero-order valence-electron chi connectivity index (χ0n) is 12.0. The Hall–Kier alpha value is -1.81. The van der Waals surface area contributed by atoms with E-state index in [0.717, 1.165) is 35.2 Å². The molecule has 20 heavy (non-hydrogen) atoms. The van der Waals surface area contributed by atoms with Gasteiger partial charge in [0.25, 0.3) is 0 Å². The quantitative estimate of drug-likeness (QED) is 0.877. The van der Waals surface area contributed by atoms with E-state index in [1.807, 2.05) is 6.07 Å². The number of aromatic nitrogens is 1. The standard InChI is InChI=1S/C16H20N2O2/c1-11-7-13(9-17-14-3-4-14)8-12(2)16(11)19-10-15-5-6-18-20-15/h5-8,14,17H,3-4,9-10H2,1-2H3. The second kappa shape index (κ2) is 5.67. The third kappa shape index (κ3) is 3.20. The second-order valence-electron chi connectivity index (χ2n) is 5.48. The number of hydrogen-bond donors (Lipinski definition) is 1. The molecule has 1 aromatic heterocycles. The van der Waals surface area contributed by atoms with E-state index in [4.69, 9.17) is 9.26 Å². The number of hydrogen-bond acceptors (Lipinski definition) is 4. The third-order valence-electron chi connectivity index (χ3n) is 3.54. The first kappa shape index (κ1) is 13.2. The van der Waals surface area contributed by atoms with Crippen LogP contribution in [0.1, 0.15) is 35.3 Å². The van der Waals surface area contributed by atoms with Gasteiger partial charge in [-0.25, -0.2) is 0 Å². The SMILES string of the molecule is Cc1cc(CNC2CC2)cc(C)c1OCc1ccno1. The highest BCUT2D eigenvalue weighted by molar-refractivity contribution is 5.43. The van der Waals surface area contributed by atoms with Gasteiger partial charge in [0.05, 0.1) is 6.20 Å². The van der Waals surface area contributed by atoms with Crippen molar-refractivity contribution in [3.8, 4) is 5.75 Å². The highest BCUT2D eigenvalue weighted by atomic mass is 16.5. The topological polar surface area (TPSA) is 47.3 Å². The van der Waals surface area contributed by atoms with Gasteiger partial charge < -0.3 is 14.6 Å². The zero-order chi connectivity index (χ0) is 13.9. The molecule has 0 bridgehead atoms. The Morgan fingerprint density at radius 1 is 1.30 bits per heavy atom. The first-order valence-electron chi connectivity index (χ1n) is 7.08. The van der Waals surface area contributed by atoms with Crippen molar-refractivity contribution in [3.05, 3.63) is 46.8 Å². The Morgan fingerprint density at radius 2 is 2.05 bits per heavy atom. The van der Waals surface area contributed by atoms with Crippen molar-refractivity contribution in [1.82, 2.24) is 10.5 Å². The summed E-state index contributed by atoms with van der Waals surface area (Å²) < 4.78 is 10.9. The lowest BCUT2D eigenvalue weighted by Gasteiger charge is -2.13. The van der Waals surface area contributed by atoms with Crippen LogP contribution in [0.15, 0.2) is 28.9 Å². The smallest absolute Gasteiger partial charge is 0.174 e. The Kier molecular flexibility index (Phi) is 3.74. The van der Waals surface area contributed by atoms with Gasteiger partial charge in [0.1, 0.15) is 12.4 Å². The molecule has 1 N–H and O–H groups in total. The van der Waals surface area contributed by atoms with Gasteiger partial charge in [0.2, 0.25) is 0 Å². The normalized spacial score (nSPS) is 14.5. The van der Waals surface area contributed by atoms with Crippen molar-refractivity contribution in [2.45, 2.75) is 45.9 Å². The summed E-state index contributed by atoms with van der Waals surface area (Å²) in [6.07, 6.45) is 4.26. The first-order valence-corrected chi connectivity index (χ1v) is 7.08. The molecule has 1 aliphatic rings. The number of nitrogens with one attached hydrogen (secondary N) is 1. The Bertz CT molecular complexity index is 551. The Labute approximate surface area is 119 Å². The van der Waals surface area contributed by atoms with Gasteiger partial charge in [-0.2, -0.15) is 0 Å². The Balaban J connectivity index is 1.67. The third-order valence-corrected chi connectivity index (χ3v) is 3.54. The van der Waals surface area contributed by atoms with Crippen molar-refractivity contribution < 1.29 is 9.26 Å². The molecule has 0 atom stereocenters. The van der Waals surface area contributed by atoms with E-state index >= 15 is 0 Å². The van der Waals surface area contributed by atoms with Crippen LogP contribution in [0.5, 0.6) is 5.75 Å². The predicted octanol–water partition coefficient (Wildman–Crippen LogP) is 3.12. The molecule has 0 radical (unpaired) electrons. The van der Waals surface area contributed by atoms with Gasteiger partial charge in [-0.3, -0.25) is 0 Å². The van der Waals surface area contributed by atoms with Crippen molar-refractivity contribution in [1.29, 1.82) is 0 Å². The van der Waals surface area contributed by atoms with E-state index in [-0.39, 0.29) is 0 Å². The van der Waals surface area contributed by atoms with Crippen LogP contribution in [0.25, 0.3) is 0 Å². The van der Waals surface area contributed by atoms with E-state index in [1.165, 1.54) is 18.4 Å². The molecular formula is C16H20N2O2. The van der Waals surface area contributed by atoms with Crippen LogP contribution in [-0.2, 0) is 13.2 Å². The van der Waals surface area contributed by atoms with Crippen LogP contribution in [0.3, 0.4) is 0 Å². The fourth-order valence-corrected chi connectivity index (χ4v) is 2.38. The van der Waals surface area contributed by atoms with Crippen LogP contribution in [0.2, 0.25) is 0 Å². The van der Waals surface area contributed by atoms with Crippen molar-refractivity contribution in [2.75, 3.05) is 0 Å². The van der Waals surface area contributed by atoms with E-state index in [2.05, 4.69) is 36.5 Å². The molecule has 4 nitrogen and oxygen atoms in total. The summed E-state index contributed by atoms with van der Waals surface area (Å²) in [6.45, 7) is 5.53. The molecule has 0 spiro atoms. The summed E-state index contributed by atoms with van der Waals surface area (Å²) in [5.74, 6) is 1.68. The molecule has 0 aliphatic heterocycles. The van der Waals surface area contributed by atoms with Crippen molar-refractivity contribution >= 4 is 0 Å². The van der Waals surface area contributed by atoms with Crippen LogP contribution in [0.4, 0.5) is 0 Å². The van der Waals surface area contributed by atoms with Gasteiger partial charge in [-0.05, 0) is 43.4 Å². The number of ether oxygens (including phenoxy) is 1. The number of aryl methyl sites for hydroxylation is 2. The second-order valence-corrected chi connectivity index (χ2v) is 5.48. The van der Waals surface area contributed by atoms with Gasteiger partial charge in [-0.15, -0.1) is 0 Å². The molecule has 1 fully saturated rings. The fraction of sp³-hybridized carbons (Fsp3) is 0.438. The molecular weight excluding hydrogens is 252 g/mol. The predicted molar refractivity (Wildman–Crippen MR) is 76.6 cm³/mol. The van der Waals surface area contributed by atoms with E-state index < -0.39 is 0 Å². The molecule has 2 aromatic rings.